The average Bonchev–Trinajstić information content (AvgIpc) is 3.34. The summed E-state index contributed by atoms with van der Waals surface area (Å²) >= 11 is 0. The van der Waals surface area contributed by atoms with Crippen molar-refractivity contribution in [1.29, 1.82) is 0 Å². The van der Waals surface area contributed by atoms with E-state index >= 15 is 0 Å². The third-order valence-corrected chi connectivity index (χ3v) is 12.9. The van der Waals surface area contributed by atoms with Gasteiger partial charge in [0.1, 0.15) is 123 Å². The van der Waals surface area contributed by atoms with Gasteiger partial charge in [-0.2, -0.15) is 8.42 Å². The Morgan fingerprint density at radius 3 is 1.66 bits per heavy atom. The van der Waals surface area contributed by atoms with E-state index in [9.17, 15) is 114 Å². The second kappa shape index (κ2) is 25.6. The molecule has 26 atom stereocenters. The second-order valence-corrected chi connectivity index (χ2v) is 18.4. The fourth-order valence-corrected chi connectivity index (χ4v) is 9.28. The summed E-state index contributed by atoms with van der Waals surface area (Å²) in [6.45, 7) is -6.29. The van der Waals surface area contributed by atoms with Gasteiger partial charge in [-0.1, -0.05) is 0 Å². The Morgan fingerprint density at radius 1 is 0.630 bits per heavy atom. The molecule has 5 rings (SSSR count). The summed E-state index contributed by atoms with van der Waals surface area (Å²) in [5.74, 6) is -7.93. The predicted octanol–water partition coefficient (Wildman–Crippen LogP) is -13.6. The molecule has 0 radical (unpaired) electrons. The number of carboxylic acid groups (broad SMARTS) is 1. The Balaban J connectivity index is 1.62. The van der Waals surface area contributed by atoms with E-state index in [4.69, 9.17) is 42.6 Å². The number of nitrogens with one attached hydrogen (secondary N) is 2. The van der Waals surface area contributed by atoms with Crippen LogP contribution in [-0.4, -0.2) is 316 Å². The van der Waals surface area contributed by atoms with E-state index in [-0.39, 0.29) is 0 Å². The first-order valence-corrected chi connectivity index (χ1v) is 23.4. The Labute approximate surface area is 411 Å². The zero-order chi connectivity index (χ0) is 54.6. The fourth-order valence-electron chi connectivity index (χ4n) is 8.77. The molecule has 0 aromatic carbocycles. The standard InChI is InChI=1S/C37H62N2O33S/c1-9(46)38-18-28(69-34-24(55)30(72-73(60,61)62)21(52)13(5-42)65-34)20(51)12(4-41)64-33(18)68-27-15(7-44)66-35(67-26-14(6-43)63-32(57)23(54)22(26)53)25(56)31(27)71-37(36(58)59)2-10(47)17(39-16(49)8-45)29(70-37)19(50)11(48)3-40/h10-15,17-35,40-45,47-48,50-57H,2-8H2,1H3,(H,38,46)(H,39,49)(H,58,59)(H,60,61,62)/t10-,11+,12+,13+,14+,15+,17+,18+,19+,20-,21-,22+,23+,24+,25+,26+,27-,28+,29+,30-,31+,32+,33-,34-,35-,37-/m0/s1. The van der Waals surface area contributed by atoms with Crippen molar-refractivity contribution < 1.29 is 161 Å². The number of aliphatic hydroxyl groups is 16. The normalized spacial score (nSPS) is 44.4. The first kappa shape index (κ1) is 61.1. The molecule has 35 nitrogen and oxygen atoms in total. The van der Waals surface area contributed by atoms with Crippen LogP contribution >= 0.6 is 0 Å². The molecule has 5 aliphatic rings. The van der Waals surface area contributed by atoms with Gasteiger partial charge in [0.15, 0.2) is 25.2 Å². The molecule has 2 amide bonds. The highest BCUT2D eigenvalue weighted by atomic mass is 32.3. The van der Waals surface area contributed by atoms with Crippen LogP contribution in [0.3, 0.4) is 0 Å². The van der Waals surface area contributed by atoms with Crippen LogP contribution in [0.4, 0.5) is 0 Å². The van der Waals surface area contributed by atoms with Crippen LogP contribution in [0, 0.1) is 0 Å². The highest BCUT2D eigenvalue weighted by Gasteiger charge is 2.62. The number of carboxylic acids is 1. The lowest BCUT2D eigenvalue weighted by atomic mass is 9.88. The number of aliphatic carboxylic acids is 1. The van der Waals surface area contributed by atoms with E-state index in [1.165, 1.54) is 0 Å². The Kier molecular flexibility index (Phi) is 21.5. The maximum Gasteiger partial charge on any atom is 0.397 e. The predicted molar refractivity (Wildman–Crippen MR) is 219 cm³/mol. The summed E-state index contributed by atoms with van der Waals surface area (Å²) in [7, 11) is -5.48. The van der Waals surface area contributed by atoms with Crippen molar-refractivity contribution in [2.24, 2.45) is 0 Å². The molecule has 5 fully saturated rings. The monoisotopic (exact) mass is 1090 g/mol. The topological polar surface area (TPSA) is 566 Å². The molecule has 0 unspecified atom stereocenters. The molecule has 20 N–H and O–H groups in total. The van der Waals surface area contributed by atoms with Crippen LogP contribution in [0.25, 0.3) is 0 Å². The van der Waals surface area contributed by atoms with Crippen LogP contribution in [0.2, 0.25) is 0 Å². The molecular weight excluding hydrogens is 1030 g/mol. The van der Waals surface area contributed by atoms with Gasteiger partial charge in [-0.05, 0) is 0 Å². The van der Waals surface area contributed by atoms with Gasteiger partial charge in [0.2, 0.25) is 11.8 Å². The quantitative estimate of drug-likeness (QED) is 0.0475. The number of hydrogen-bond acceptors (Lipinski definition) is 31. The Morgan fingerprint density at radius 2 is 1.14 bits per heavy atom. The van der Waals surface area contributed by atoms with Gasteiger partial charge in [-0.25, -0.2) is 8.98 Å². The minimum absolute atomic E-state index is 0.882. The van der Waals surface area contributed by atoms with Gasteiger partial charge in [-0.15, -0.1) is 0 Å². The summed E-state index contributed by atoms with van der Waals surface area (Å²) < 4.78 is 88.4. The third-order valence-electron chi connectivity index (χ3n) is 12.4. The molecule has 0 spiro atoms. The molecule has 0 aliphatic carbocycles. The molecule has 0 aromatic rings. The molecular formula is C37H62N2O33S. The number of amides is 2. The minimum Gasteiger partial charge on any atom is -0.477 e. The van der Waals surface area contributed by atoms with Gasteiger partial charge in [-0.3, -0.25) is 14.1 Å². The molecule has 5 aliphatic heterocycles. The van der Waals surface area contributed by atoms with Crippen LogP contribution < -0.4 is 10.6 Å². The van der Waals surface area contributed by atoms with E-state index in [2.05, 4.69) is 14.8 Å². The summed E-state index contributed by atoms with van der Waals surface area (Å²) in [4.78, 5) is 38.6. The highest BCUT2D eigenvalue weighted by Crippen LogP contribution is 2.41. The SMILES string of the molecule is CC(=O)N[C@H]1[C@H](O[C@@H]2[C@H](O[C@]3(C(=O)O)C[C@H](O)[C@@H](NC(=O)CO)[C@H]([C@H](O)[C@H](O)CO)O3)[C@@H](O)[C@H](O[C@H]3[C@H](O)[C@@H](O)[C@H](O)O[C@@H]3CO)O[C@@H]2CO)O[C@H](CO)[C@H](O)[C@@H]1O[C@@H]1O[C@H](CO)[C@H](O)[C@H](OS(=O)(=O)O)[C@H]1O. The van der Waals surface area contributed by atoms with Crippen molar-refractivity contribution in [2.75, 3.05) is 39.6 Å². The second-order valence-electron chi connectivity index (χ2n) is 17.4. The molecule has 0 saturated carbocycles. The number of ether oxygens (including phenoxy) is 9. The highest BCUT2D eigenvalue weighted by molar-refractivity contribution is 7.80. The summed E-state index contributed by atoms with van der Waals surface area (Å²) in [5.41, 5.74) is 0. The molecule has 73 heavy (non-hydrogen) atoms. The number of rotatable bonds is 21. The molecule has 0 aromatic heterocycles. The van der Waals surface area contributed by atoms with Gasteiger partial charge in [0.05, 0.1) is 45.2 Å². The molecule has 36 heteroatoms. The number of aliphatic hydroxyl groups excluding tert-OH is 16. The maximum atomic E-state index is 13.4. The zero-order valence-electron chi connectivity index (χ0n) is 38.0. The lowest BCUT2D eigenvalue weighted by molar-refractivity contribution is -0.402. The third kappa shape index (κ3) is 13.7. The van der Waals surface area contributed by atoms with E-state index in [1.54, 1.807) is 0 Å². The summed E-state index contributed by atoms with van der Waals surface area (Å²) in [6.07, 6.45) is -52.2. The molecule has 5 heterocycles. The van der Waals surface area contributed by atoms with E-state index in [0.29, 0.717) is 0 Å². The first-order valence-electron chi connectivity index (χ1n) is 22.1. The lowest BCUT2D eigenvalue weighted by Gasteiger charge is -2.52. The Hall–Kier alpha value is -2.72. The Bertz CT molecular complexity index is 1930. The van der Waals surface area contributed by atoms with Gasteiger partial charge in [0.25, 0.3) is 5.79 Å². The van der Waals surface area contributed by atoms with Gasteiger partial charge >= 0.3 is 16.4 Å². The number of carbonyl (C=O) groups excluding carboxylic acids is 2. The molecule has 5 saturated heterocycles. The van der Waals surface area contributed by atoms with E-state index in [1.807, 2.05) is 0 Å². The van der Waals surface area contributed by atoms with Crippen molar-refractivity contribution >= 4 is 28.2 Å². The van der Waals surface area contributed by atoms with Crippen LogP contribution in [0.5, 0.6) is 0 Å². The fraction of sp³-hybridized carbons (Fsp3) is 0.919. The van der Waals surface area contributed by atoms with Crippen molar-refractivity contribution in [3.63, 3.8) is 0 Å². The first-order chi connectivity index (χ1) is 34.2. The number of carbonyl (C=O) groups is 3. The lowest BCUT2D eigenvalue weighted by Crippen LogP contribution is -2.72. The summed E-state index contributed by atoms with van der Waals surface area (Å²) in [5, 5.41) is 185. The number of hydrogen-bond donors (Lipinski definition) is 20. The van der Waals surface area contributed by atoms with Crippen LogP contribution in [-0.2, 0) is 71.6 Å². The molecule has 424 valence electrons. The van der Waals surface area contributed by atoms with Crippen molar-refractivity contribution in [2.45, 2.75) is 172 Å². The van der Waals surface area contributed by atoms with E-state index in [0.717, 1.165) is 6.92 Å². The van der Waals surface area contributed by atoms with Crippen LogP contribution in [0.15, 0.2) is 0 Å². The van der Waals surface area contributed by atoms with Crippen molar-refractivity contribution in [3.8, 4) is 0 Å². The van der Waals surface area contributed by atoms with Gasteiger partial charge < -0.3 is 140 Å². The van der Waals surface area contributed by atoms with Crippen LogP contribution in [0.1, 0.15) is 13.3 Å². The maximum absolute atomic E-state index is 13.4. The zero-order valence-corrected chi connectivity index (χ0v) is 38.8. The summed E-state index contributed by atoms with van der Waals surface area (Å²) in [6, 6.07) is -3.95. The minimum atomic E-state index is -5.48. The largest absolute Gasteiger partial charge is 0.477 e. The molecule has 0 bridgehead atoms. The van der Waals surface area contributed by atoms with E-state index < -0.39 is 233 Å². The van der Waals surface area contributed by atoms with Crippen molar-refractivity contribution in [1.82, 2.24) is 10.6 Å². The van der Waals surface area contributed by atoms with Crippen molar-refractivity contribution in [3.05, 3.63) is 0 Å². The average molecular weight is 1090 g/mol. The smallest absolute Gasteiger partial charge is 0.397 e. The van der Waals surface area contributed by atoms with Gasteiger partial charge in [0, 0.05) is 13.3 Å².